The Labute approximate surface area is 153 Å². The predicted molar refractivity (Wildman–Crippen MR) is 102 cm³/mol. The quantitative estimate of drug-likeness (QED) is 0.767. The molecular weight excluding hydrogens is 366 g/mol. The first-order valence-electron chi connectivity index (χ1n) is 8.92. The molecule has 1 N–H and O–H groups in total. The second-order valence-corrected chi connectivity index (χ2v) is 7.54. The molecule has 1 aliphatic carbocycles. The Morgan fingerprint density at radius 3 is 2.71 bits per heavy atom. The first kappa shape index (κ1) is 17.5. The molecule has 5 heteroatoms. The maximum Gasteiger partial charge on any atom is 0.321 e. The van der Waals surface area contributed by atoms with E-state index in [1.54, 1.807) is 5.57 Å². The van der Waals surface area contributed by atoms with Gasteiger partial charge in [-0.2, -0.15) is 0 Å². The van der Waals surface area contributed by atoms with Gasteiger partial charge in [0.05, 0.1) is 0 Å². The monoisotopic (exact) mass is 391 g/mol. The lowest BCUT2D eigenvalue weighted by Crippen LogP contribution is -2.50. The average molecular weight is 392 g/mol. The van der Waals surface area contributed by atoms with E-state index in [-0.39, 0.29) is 6.03 Å². The lowest BCUT2D eigenvalue weighted by atomic mass is 9.97. The van der Waals surface area contributed by atoms with Crippen molar-refractivity contribution in [2.24, 2.45) is 0 Å². The van der Waals surface area contributed by atoms with Gasteiger partial charge in [-0.25, -0.2) is 4.79 Å². The Balaban J connectivity index is 1.41. The molecule has 24 heavy (non-hydrogen) atoms. The minimum absolute atomic E-state index is 0.00254. The Hall–Kier alpha value is -1.33. The highest BCUT2D eigenvalue weighted by Crippen LogP contribution is 2.21. The lowest BCUT2D eigenvalue weighted by Gasteiger charge is -2.35. The number of piperazine rings is 1. The van der Waals surface area contributed by atoms with Gasteiger partial charge in [-0.3, -0.25) is 4.90 Å². The second-order valence-electron chi connectivity index (χ2n) is 6.63. The van der Waals surface area contributed by atoms with Gasteiger partial charge in [-0.05, 0) is 50.3 Å². The summed E-state index contributed by atoms with van der Waals surface area (Å²) in [6.45, 7) is 4.68. The van der Waals surface area contributed by atoms with Crippen LogP contribution in [0.15, 0.2) is 40.4 Å². The molecule has 4 nitrogen and oxygen atoms in total. The maximum atomic E-state index is 12.4. The molecular formula is C19H26BrN3O. The van der Waals surface area contributed by atoms with Crippen LogP contribution >= 0.6 is 15.9 Å². The molecule has 130 valence electrons. The fourth-order valence-corrected chi connectivity index (χ4v) is 3.78. The fourth-order valence-electron chi connectivity index (χ4n) is 3.38. The molecule has 1 aromatic rings. The van der Waals surface area contributed by atoms with E-state index < -0.39 is 0 Å². The highest BCUT2D eigenvalue weighted by molar-refractivity contribution is 9.10. The molecule has 0 atom stereocenters. The third-order valence-corrected chi connectivity index (χ3v) is 5.36. The molecule has 1 heterocycles. The molecule has 0 saturated carbocycles. The largest absolute Gasteiger partial charge is 0.322 e. The SMILES string of the molecule is O=C(Nc1cccc(Br)c1)N1CCN(CCC2=CCCCC2)CC1. The van der Waals surface area contributed by atoms with E-state index in [4.69, 9.17) is 0 Å². The van der Waals surface area contributed by atoms with Crippen LogP contribution in [-0.2, 0) is 0 Å². The smallest absolute Gasteiger partial charge is 0.321 e. The molecule has 2 amide bonds. The van der Waals surface area contributed by atoms with E-state index in [1.807, 2.05) is 29.2 Å². The number of hydrogen-bond donors (Lipinski definition) is 1. The number of urea groups is 1. The van der Waals surface area contributed by atoms with Crippen LogP contribution < -0.4 is 5.32 Å². The van der Waals surface area contributed by atoms with E-state index >= 15 is 0 Å². The van der Waals surface area contributed by atoms with Crippen LogP contribution in [0.25, 0.3) is 0 Å². The number of rotatable bonds is 4. The molecule has 0 aromatic heterocycles. The number of benzene rings is 1. The van der Waals surface area contributed by atoms with Crippen molar-refractivity contribution in [3.05, 3.63) is 40.4 Å². The van der Waals surface area contributed by atoms with Crippen molar-refractivity contribution in [3.8, 4) is 0 Å². The summed E-state index contributed by atoms with van der Waals surface area (Å²) in [5, 5.41) is 2.98. The van der Waals surface area contributed by atoms with Crippen molar-refractivity contribution in [2.75, 3.05) is 38.0 Å². The molecule has 0 spiro atoms. The summed E-state index contributed by atoms with van der Waals surface area (Å²) < 4.78 is 0.974. The summed E-state index contributed by atoms with van der Waals surface area (Å²) in [7, 11) is 0. The summed E-state index contributed by atoms with van der Waals surface area (Å²) >= 11 is 3.43. The van der Waals surface area contributed by atoms with E-state index in [9.17, 15) is 4.79 Å². The van der Waals surface area contributed by atoms with Gasteiger partial charge in [0.15, 0.2) is 0 Å². The summed E-state index contributed by atoms with van der Waals surface area (Å²) in [5.74, 6) is 0. The summed E-state index contributed by atoms with van der Waals surface area (Å²) in [6, 6.07) is 7.72. The molecule has 3 rings (SSSR count). The normalized spacial score (nSPS) is 19.0. The van der Waals surface area contributed by atoms with Crippen LogP contribution in [0.5, 0.6) is 0 Å². The van der Waals surface area contributed by atoms with Crippen molar-refractivity contribution < 1.29 is 4.79 Å². The van der Waals surface area contributed by atoms with Gasteiger partial charge >= 0.3 is 6.03 Å². The van der Waals surface area contributed by atoms with Crippen LogP contribution in [0, 0.1) is 0 Å². The minimum Gasteiger partial charge on any atom is -0.322 e. The van der Waals surface area contributed by atoms with Gasteiger partial charge in [0.2, 0.25) is 0 Å². The molecule has 0 radical (unpaired) electrons. The highest BCUT2D eigenvalue weighted by Gasteiger charge is 2.21. The van der Waals surface area contributed by atoms with E-state index in [2.05, 4.69) is 32.2 Å². The van der Waals surface area contributed by atoms with Crippen LogP contribution in [0.4, 0.5) is 10.5 Å². The van der Waals surface area contributed by atoms with Crippen LogP contribution in [0.3, 0.4) is 0 Å². The lowest BCUT2D eigenvalue weighted by molar-refractivity contribution is 0.148. The maximum absolute atomic E-state index is 12.4. The molecule has 1 saturated heterocycles. The minimum atomic E-state index is 0.00254. The Bertz CT molecular complexity index is 594. The number of anilines is 1. The molecule has 0 bridgehead atoms. The number of amides is 2. The topological polar surface area (TPSA) is 35.6 Å². The van der Waals surface area contributed by atoms with Crippen molar-refractivity contribution >= 4 is 27.6 Å². The van der Waals surface area contributed by atoms with Crippen molar-refractivity contribution in [1.29, 1.82) is 0 Å². The van der Waals surface area contributed by atoms with E-state index in [0.29, 0.717) is 0 Å². The van der Waals surface area contributed by atoms with Gasteiger partial charge in [0.25, 0.3) is 0 Å². The summed E-state index contributed by atoms with van der Waals surface area (Å²) in [5.41, 5.74) is 2.47. The van der Waals surface area contributed by atoms with Crippen LogP contribution in [0.1, 0.15) is 32.1 Å². The Morgan fingerprint density at radius 1 is 1.17 bits per heavy atom. The van der Waals surface area contributed by atoms with Crippen molar-refractivity contribution in [3.63, 3.8) is 0 Å². The number of halogens is 1. The first-order chi connectivity index (χ1) is 11.7. The number of hydrogen-bond acceptors (Lipinski definition) is 2. The number of nitrogens with zero attached hydrogens (tertiary/aromatic N) is 2. The third-order valence-electron chi connectivity index (χ3n) is 4.87. The fraction of sp³-hybridized carbons (Fsp3) is 0.526. The average Bonchev–Trinajstić information content (AvgIpc) is 2.61. The van der Waals surface area contributed by atoms with Gasteiger partial charge in [0, 0.05) is 42.9 Å². The zero-order valence-electron chi connectivity index (χ0n) is 14.1. The number of carbonyl (C=O) groups excluding carboxylic acids is 1. The molecule has 1 fully saturated rings. The Morgan fingerprint density at radius 2 is 2.00 bits per heavy atom. The molecule has 1 aliphatic heterocycles. The number of nitrogens with one attached hydrogen (secondary N) is 1. The number of allylic oxidation sites excluding steroid dienone is 1. The second kappa shape index (κ2) is 8.67. The van der Waals surface area contributed by atoms with Crippen LogP contribution in [0.2, 0.25) is 0 Å². The zero-order valence-corrected chi connectivity index (χ0v) is 15.7. The highest BCUT2D eigenvalue weighted by atomic mass is 79.9. The Kier molecular flexibility index (Phi) is 6.32. The zero-order chi connectivity index (χ0) is 16.8. The van der Waals surface area contributed by atoms with Gasteiger partial charge in [-0.1, -0.05) is 33.6 Å². The molecule has 2 aliphatic rings. The van der Waals surface area contributed by atoms with Gasteiger partial charge < -0.3 is 10.2 Å². The van der Waals surface area contributed by atoms with Crippen LogP contribution in [-0.4, -0.2) is 48.6 Å². The predicted octanol–water partition coefficient (Wildman–Crippen LogP) is 4.49. The molecule has 0 unspecified atom stereocenters. The van der Waals surface area contributed by atoms with Gasteiger partial charge in [0.1, 0.15) is 0 Å². The third kappa shape index (κ3) is 5.08. The van der Waals surface area contributed by atoms with Crippen molar-refractivity contribution in [1.82, 2.24) is 9.80 Å². The molecule has 1 aromatic carbocycles. The summed E-state index contributed by atoms with van der Waals surface area (Å²) in [4.78, 5) is 16.8. The van der Waals surface area contributed by atoms with E-state index in [0.717, 1.165) is 42.9 Å². The van der Waals surface area contributed by atoms with Gasteiger partial charge in [-0.15, -0.1) is 0 Å². The number of carbonyl (C=O) groups is 1. The van der Waals surface area contributed by atoms with Crippen molar-refractivity contribution in [2.45, 2.75) is 32.1 Å². The standard InChI is InChI=1S/C19H26BrN3O/c20-17-7-4-8-18(15-17)21-19(24)23-13-11-22(12-14-23)10-9-16-5-2-1-3-6-16/h4-5,7-8,15H,1-3,6,9-14H2,(H,21,24). The first-order valence-corrected chi connectivity index (χ1v) is 9.72. The van der Waals surface area contributed by atoms with E-state index in [1.165, 1.54) is 32.1 Å². The summed E-state index contributed by atoms with van der Waals surface area (Å²) in [6.07, 6.45) is 8.90.